The van der Waals surface area contributed by atoms with Crippen molar-refractivity contribution in [3.63, 3.8) is 0 Å². The summed E-state index contributed by atoms with van der Waals surface area (Å²) in [5.41, 5.74) is -1.62. The number of hydrogen-bond acceptors (Lipinski definition) is 5. The molecule has 23 heavy (non-hydrogen) atoms. The summed E-state index contributed by atoms with van der Waals surface area (Å²) in [5.74, 6) is 5.40. The summed E-state index contributed by atoms with van der Waals surface area (Å²) in [4.78, 5) is 4.00. The molecular weight excluding hydrogens is 294 g/mol. The Balaban J connectivity index is 2.21. The number of ether oxygens (including phenoxy) is 2. The van der Waals surface area contributed by atoms with Gasteiger partial charge in [0.1, 0.15) is 0 Å². The molecule has 0 saturated carbocycles. The van der Waals surface area contributed by atoms with Crippen molar-refractivity contribution in [2.45, 2.75) is 38.6 Å². The molecule has 122 valence electrons. The molecule has 0 amide bonds. The third kappa shape index (κ3) is 2.10. The van der Waals surface area contributed by atoms with Crippen LogP contribution in [-0.2, 0) is 9.47 Å². The van der Waals surface area contributed by atoms with Gasteiger partial charge >= 0.3 is 0 Å². The van der Waals surface area contributed by atoms with Crippen molar-refractivity contribution >= 4 is 5.57 Å². The van der Waals surface area contributed by atoms with Gasteiger partial charge in [-0.25, -0.2) is 4.98 Å². The van der Waals surface area contributed by atoms with Gasteiger partial charge in [-0.1, -0.05) is 18.1 Å². The second-order valence-corrected chi connectivity index (χ2v) is 5.90. The third-order valence-corrected chi connectivity index (χ3v) is 4.81. The lowest BCUT2D eigenvalue weighted by atomic mass is 9.64. The number of oxazole rings is 1. The highest BCUT2D eigenvalue weighted by atomic mass is 16.7. The van der Waals surface area contributed by atoms with Gasteiger partial charge in [-0.15, -0.1) is 5.92 Å². The quantitative estimate of drug-likeness (QED) is 0.686. The molecule has 0 bridgehead atoms. The SMILES string of the molecule is CC#C[C@](O)(/C=C\C)[C@@]1(C)C(c2cnco2)=CCC12OCCO2. The van der Waals surface area contributed by atoms with Crippen molar-refractivity contribution in [1.29, 1.82) is 0 Å². The molecule has 1 aromatic heterocycles. The highest BCUT2D eigenvalue weighted by Gasteiger charge is 2.67. The van der Waals surface area contributed by atoms with Crippen molar-refractivity contribution < 1.29 is 19.0 Å². The molecule has 0 aromatic carbocycles. The summed E-state index contributed by atoms with van der Waals surface area (Å²) >= 11 is 0. The van der Waals surface area contributed by atoms with E-state index in [1.54, 1.807) is 25.3 Å². The monoisotopic (exact) mass is 315 g/mol. The highest BCUT2D eigenvalue weighted by Crippen LogP contribution is 2.60. The van der Waals surface area contributed by atoms with Gasteiger partial charge in [0.25, 0.3) is 0 Å². The van der Waals surface area contributed by atoms with Crippen LogP contribution in [0.15, 0.2) is 35.2 Å². The summed E-state index contributed by atoms with van der Waals surface area (Å²) in [6.07, 6.45) is 8.98. The van der Waals surface area contributed by atoms with Gasteiger partial charge in [0.05, 0.1) is 24.8 Å². The normalized spacial score (nSPS) is 28.6. The van der Waals surface area contributed by atoms with Gasteiger partial charge in [-0.2, -0.15) is 0 Å². The summed E-state index contributed by atoms with van der Waals surface area (Å²) in [7, 11) is 0. The van der Waals surface area contributed by atoms with E-state index in [4.69, 9.17) is 13.9 Å². The van der Waals surface area contributed by atoms with Crippen LogP contribution in [0.4, 0.5) is 0 Å². The standard InChI is InChI=1S/C18H21NO4/c1-4-7-17(20,8-5-2)16(3)14(15-12-19-13-21-15)6-9-18(16)22-10-11-23-18/h4,6-7,12-13,20H,9-11H2,1-3H3/b7-4-/t16-,17-/m1/s1. The van der Waals surface area contributed by atoms with E-state index in [1.807, 2.05) is 19.9 Å². The van der Waals surface area contributed by atoms with Crippen molar-refractivity contribution in [3.05, 3.63) is 36.6 Å². The largest absolute Gasteiger partial charge is 0.444 e. The first kappa shape index (κ1) is 16.0. The molecule has 2 atom stereocenters. The Morgan fingerprint density at radius 3 is 2.70 bits per heavy atom. The molecule has 1 saturated heterocycles. The van der Waals surface area contributed by atoms with Crippen LogP contribution in [0.5, 0.6) is 0 Å². The Morgan fingerprint density at radius 1 is 1.39 bits per heavy atom. The average Bonchev–Trinajstić information content (AvgIpc) is 3.24. The van der Waals surface area contributed by atoms with Crippen molar-refractivity contribution in [2.24, 2.45) is 5.41 Å². The Labute approximate surface area is 136 Å². The number of nitrogens with zero attached hydrogens (tertiary/aromatic N) is 1. The average molecular weight is 315 g/mol. The van der Waals surface area contributed by atoms with Crippen LogP contribution in [0.25, 0.3) is 5.57 Å². The highest BCUT2D eigenvalue weighted by molar-refractivity contribution is 5.73. The van der Waals surface area contributed by atoms with Gasteiger partial charge in [0.15, 0.2) is 23.5 Å². The predicted molar refractivity (Wildman–Crippen MR) is 85.1 cm³/mol. The van der Waals surface area contributed by atoms with E-state index in [0.717, 1.165) is 5.57 Å². The molecule has 2 heterocycles. The van der Waals surface area contributed by atoms with Crippen LogP contribution in [-0.4, -0.2) is 34.7 Å². The molecule has 1 aliphatic heterocycles. The number of allylic oxidation sites excluding steroid dienone is 1. The van der Waals surface area contributed by atoms with Crippen molar-refractivity contribution in [1.82, 2.24) is 4.98 Å². The van der Waals surface area contributed by atoms with E-state index in [2.05, 4.69) is 16.8 Å². The van der Waals surface area contributed by atoms with Crippen LogP contribution in [0.2, 0.25) is 0 Å². The fourth-order valence-electron chi connectivity index (χ4n) is 3.67. The van der Waals surface area contributed by atoms with E-state index in [-0.39, 0.29) is 0 Å². The number of aliphatic hydroxyl groups is 1. The minimum atomic E-state index is -1.46. The summed E-state index contributed by atoms with van der Waals surface area (Å²) in [6, 6.07) is 0. The second-order valence-electron chi connectivity index (χ2n) is 5.90. The van der Waals surface area contributed by atoms with Crippen LogP contribution >= 0.6 is 0 Å². The molecule has 3 rings (SSSR count). The first-order valence-electron chi connectivity index (χ1n) is 7.70. The third-order valence-electron chi connectivity index (χ3n) is 4.81. The van der Waals surface area contributed by atoms with Crippen LogP contribution in [0.1, 0.15) is 33.0 Å². The van der Waals surface area contributed by atoms with Crippen LogP contribution in [0.3, 0.4) is 0 Å². The second kappa shape index (κ2) is 5.64. The number of hydrogen-bond donors (Lipinski definition) is 1. The zero-order chi connectivity index (χ0) is 16.6. The van der Waals surface area contributed by atoms with Crippen molar-refractivity contribution in [2.75, 3.05) is 13.2 Å². The van der Waals surface area contributed by atoms with Crippen LogP contribution in [0, 0.1) is 17.3 Å². The molecule has 1 aliphatic carbocycles. The predicted octanol–water partition coefficient (Wildman–Crippen LogP) is 2.54. The number of aromatic nitrogens is 1. The maximum Gasteiger partial charge on any atom is 0.185 e. The maximum atomic E-state index is 11.4. The molecule has 5 heteroatoms. The maximum absolute atomic E-state index is 11.4. The fraction of sp³-hybridized carbons (Fsp3) is 0.500. The van der Waals surface area contributed by atoms with Gasteiger partial charge in [-0.05, 0) is 26.8 Å². The molecule has 1 N–H and O–H groups in total. The molecule has 0 radical (unpaired) electrons. The van der Waals surface area contributed by atoms with Gasteiger partial charge in [0.2, 0.25) is 0 Å². The zero-order valence-electron chi connectivity index (χ0n) is 13.6. The molecular formula is C18H21NO4. The van der Waals surface area contributed by atoms with E-state index in [0.29, 0.717) is 25.4 Å². The van der Waals surface area contributed by atoms with Crippen molar-refractivity contribution in [3.8, 4) is 11.8 Å². The lowest BCUT2D eigenvalue weighted by Crippen LogP contribution is -2.58. The smallest absolute Gasteiger partial charge is 0.185 e. The molecule has 0 unspecified atom stereocenters. The molecule has 1 spiro atoms. The van der Waals surface area contributed by atoms with E-state index >= 15 is 0 Å². The molecule has 1 fully saturated rings. The van der Waals surface area contributed by atoms with Crippen LogP contribution < -0.4 is 0 Å². The van der Waals surface area contributed by atoms with E-state index in [9.17, 15) is 5.11 Å². The molecule has 5 nitrogen and oxygen atoms in total. The minimum absolute atomic E-state index is 0.485. The fourth-order valence-corrected chi connectivity index (χ4v) is 3.67. The minimum Gasteiger partial charge on any atom is -0.444 e. The lowest BCUT2D eigenvalue weighted by molar-refractivity contribution is -0.235. The first-order valence-corrected chi connectivity index (χ1v) is 7.70. The molecule has 2 aliphatic rings. The van der Waals surface area contributed by atoms with E-state index in [1.165, 1.54) is 6.39 Å². The Kier molecular flexibility index (Phi) is 3.93. The zero-order valence-corrected chi connectivity index (χ0v) is 13.6. The summed E-state index contributed by atoms with van der Waals surface area (Å²) in [6.45, 7) is 6.43. The number of rotatable bonds is 3. The first-order chi connectivity index (χ1) is 11.0. The summed E-state index contributed by atoms with van der Waals surface area (Å²) < 4.78 is 17.5. The Bertz CT molecular complexity index is 688. The Morgan fingerprint density at radius 2 is 2.13 bits per heavy atom. The topological polar surface area (TPSA) is 64.7 Å². The summed E-state index contributed by atoms with van der Waals surface area (Å²) in [5, 5.41) is 11.4. The Hall–Kier alpha value is -1.87. The molecule has 1 aromatic rings. The van der Waals surface area contributed by atoms with E-state index < -0.39 is 16.8 Å². The van der Waals surface area contributed by atoms with Gasteiger partial charge < -0.3 is 19.0 Å². The lowest BCUT2D eigenvalue weighted by Gasteiger charge is -2.47. The van der Waals surface area contributed by atoms with Gasteiger partial charge in [-0.3, -0.25) is 0 Å². The van der Waals surface area contributed by atoms with Gasteiger partial charge in [0, 0.05) is 12.0 Å².